The van der Waals surface area contributed by atoms with Crippen molar-refractivity contribution >= 4 is 11.6 Å². The number of benzene rings is 1. The van der Waals surface area contributed by atoms with E-state index in [0.29, 0.717) is 36.7 Å². The van der Waals surface area contributed by atoms with Crippen molar-refractivity contribution in [3.63, 3.8) is 0 Å². The second-order valence-corrected chi connectivity index (χ2v) is 5.09. The summed E-state index contributed by atoms with van der Waals surface area (Å²) in [5.74, 6) is 0.271. The van der Waals surface area contributed by atoms with Gasteiger partial charge in [-0.05, 0) is 24.5 Å². The van der Waals surface area contributed by atoms with Gasteiger partial charge in [-0.2, -0.15) is 5.26 Å². The molecule has 0 bridgehead atoms. The quantitative estimate of drug-likeness (QED) is 0.826. The number of hydrogen-bond donors (Lipinski definition) is 1. The van der Waals surface area contributed by atoms with E-state index in [1.165, 1.54) is 0 Å². The maximum absolute atomic E-state index is 12.6. The molecule has 0 aromatic heterocycles. The summed E-state index contributed by atoms with van der Waals surface area (Å²) < 4.78 is 0. The van der Waals surface area contributed by atoms with Crippen molar-refractivity contribution in [3.8, 4) is 6.07 Å². The average molecular weight is 259 g/mol. The average Bonchev–Trinajstić information content (AvgIpc) is 2.33. The van der Waals surface area contributed by atoms with E-state index in [-0.39, 0.29) is 5.91 Å². The topological polar surface area (TPSA) is 70.1 Å². The summed E-state index contributed by atoms with van der Waals surface area (Å²) in [5, 5.41) is 8.70. The standard InChI is InChI=1S/C15H21N3O/c1-11(2)10-18(9-5-8-16)15(19)14-12(3)6-4-7-13(14)17/h4,6-7,11H,5,9-10,17H2,1-3H3. The molecule has 0 unspecified atom stereocenters. The van der Waals surface area contributed by atoms with E-state index >= 15 is 0 Å². The lowest BCUT2D eigenvalue weighted by atomic mass is 10.0. The molecule has 4 heteroatoms. The summed E-state index contributed by atoms with van der Waals surface area (Å²) in [5.41, 5.74) is 7.83. The second kappa shape index (κ2) is 6.79. The van der Waals surface area contributed by atoms with Crippen molar-refractivity contribution in [2.75, 3.05) is 18.8 Å². The van der Waals surface area contributed by atoms with Gasteiger partial charge in [-0.1, -0.05) is 26.0 Å². The Morgan fingerprint density at radius 3 is 2.68 bits per heavy atom. The molecule has 2 N–H and O–H groups in total. The maximum atomic E-state index is 12.6. The number of nitrogen functional groups attached to an aromatic ring is 1. The molecule has 0 fully saturated rings. The molecule has 102 valence electrons. The van der Waals surface area contributed by atoms with Gasteiger partial charge in [0, 0.05) is 18.8 Å². The van der Waals surface area contributed by atoms with E-state index in [0.717, 1.165) is 5.56 Å². The van der Waals surface area contributed by atoms with Crippen LogP contribution in [0.15, 0.2) is 18.2 Å². The molecular formula is C15H21N3O. The Bertz CT molecular complexity index is 468. The van der Waals surface area contributed by atoms with Crippen LogP contribution < -0.4 is 5.73 Å². The van der Waals surface area contributed by atoms with Gasteiger partial charge in [0.15, 0.2) is 0 Å². The van der Waals surface area contributed by atoms with Crippen LogP contribution in [0.3, 0.4) is 0 Å². The normalized spacial score (nSPS) is 10.3. The number of nitrogens with zero attached hydrogens (tertiary/aromatic N) is 2. The molecule has 19 heavy (non-hydrogen) atoms. The number of carbonyl (C=O) groups is 1. The molecule has 0 aliphatic rings. The van der Waals surface area contributed by atoms with E-state index in [9.17, 15) is 4.79 Å². The van der Waals surface area contributed by atoms with Gasteiger partial charge in [-0.15, -0.1) is 0 Å². The Kier molecular flexibility index (Phi) is 5.37. The number of hydrogen-bond acceptors (Lipinski definition) is 3. The van der Waals surface area contributed by atoms with Crippen LogP contribution in [0.2, 0.25) is 0 Å². The van der Waals surface area contributed by atoms with Gasteiger partial charge in [0.2, 0.25) is 0 Å². The lowest BCUT2D eigenvalue weighted by Crippen LogP contribution is -2.35. The van der Waals surface area contributed by atoms with E-state index in [4.69, 9.17) is 11.0 Å². The summed E-state index contributed by atoms with van der Waals surface area (Å²) >= 11 is 0. The Morgan fingerprint density at radius 2 is 2.16 bits per heavy atom. The Labute approximate surface area is 114 Å². The number of anilines is 1. The van der Waals surface area contributed by atoms with Crippen LogP contribution in [-0.4, -0.2) is 23.9 Å². The summed E-state index contributed by atoms with van der Waals surface area (Å²) in [6.07, 6.45) is 0.338. The van der Waals surface area contributed by atoms with E-state index in [1.54, 1.807) is 11.0 Å². The number of rotatable bonds is 5. The summed E-state index contributed by atoms with van der Waals surface area (Å²) in [4.78, 5) is 14.3. The van der Waals surface area contributed by atoms with Crippen molar-refractivity contribution in [1.29, 1.82) is 5.26 Å². The van der Waals surface area contributed by atoms with Crippen LogP contribution in [-0.2, 0) is 0 Å². The molecule has 0 aliphatic heterocycles. The number of amides is 1. The van der Waals surface area contributed by atoms with Crippen LogP contribution in [0, 0.1) is 24.2 Å². The Balaban J connectivity index is 3.01. The van der Waals surface area contributed by atoms with Gasteiger partial charge >= 0.3 is 0 Å². The molecule has 0 saturated carbocycles. The summed E-state index contributed by atoms with van der Waals surface area (Å²) in [7, 11) is 0. The van der Waals surface area contributed by atoms with Crippen molar-refractivity contribution < 1.29 is 4.79 Å². The highest BCUT2D eigenvalue weighted by atomic mass is 16.2. The first-order valence-corrected chi connectivity index (χ1v) is 6.48. The van der Waals surface area contributed by atoms with Gasteiger partial charge in [-0.3, -0.25) is 4.79 Å². The van der Waals surface area contributed by atoms with Crippen LogP contribution in [0.1, 0.15) is 36.2 Å². The number of aryl methyl sites for hydroxylation is 1. The third-order valence-corrected chi connectivity index (χ3v) is 2.89. The third-order valence-electron chi connectivity index (χ3n) is 2.89. The second-order valence-electron chi connectivity index (χ2n) is 5.09. The monoisotopic (exact) mass is 259 g/mol. The Morgan fingerprint density at radius 1 is 1.47 bits per heavy atom. The van der Waals surface area contributed by atoms with Gasteiger partial charge in [0.1, 0.15) is 0 Å². The molecule has 0 radical (unpaired) electrons. The van der Waals surface area contributed by atoms with Gasteiger partial charge in [-0.25, -0.2) is 0 Å². The highest BCUT2D eigenvalue weighted by Crippen LogP contribution is 2.19. The molecule has 4 nitrogen and oxygen atoms in total. The molecule has 0 spiro atoms. The van der Waals surface area contributed by atoms with Gasteiger partial charge < -0.3 is 10.6 Å². The fourth-order valence-corrected chi connectivity index (χ4v) is 2.04. The first-order chi connectivity index (χ1) is 8.97. The van der Waals surface area contributed by atoms with Crippen LogP contribution in [0.5, 0.6) is 0 Å². The minimum absolute atomic E-state index is 0.0837. The third kappa shape index (κ3) is 3.99. The Hall–Kier alpha value is -2.02. The summed E-state index contributed by atoms with van der Waals surface area (Å²) in [6.45, 7) is 7.05. The number of nitrogens with two attached hydrogens (primary N) is 1. The van der Waals surface area contributed by atoms with Crippen LogP contribution >= 0.6 is 0 Å². The predicted molar refractivity (Wildman–Crippen MR) is 76.6 cm³/mol. The fourth-order valence-electron chi connectivity index (χ4n) is 2.04. The first-order valence-electron chi connectivity index (χ1n) is 6.48. The minimum Gasteiger partial charge on any atom is -0.398 e. The maximum Gasteiger partial charge on any atom is 0.256 e. The lowest BCUT2D eigenvalue weighted by molar-refractivity contribution is 0.0740. The predicted octanol–water partition coefficient (Wildman–Crippen LogP) is 2.59. The van der Waals surface area contributed by atoms with Gasteiger partial charge in [0.25, 0.3) is 5.91 Å². The smallest absolute Gasteiger partial charge is 0.256 e. The van der Waals surface area contributed by atoms with Crippen molar-refractivity contribution in [2.45, 2.75) is 27.2 Å². The molecule has 1 amide bonds. The van der Waals surface area contributed by atoms with Gasteiger partial charge in [0.05, 0.1) is 18.1 Å². The van der Waals surface area contributed by atoms with Crippen molar-refractivity contribution in [1.82, 2.24) is 4.90 Å². The number of nitriles is 1. The first kappa shape index (κ1) is 15.0. The zero-order chi connectivity index (χ0) is 14.4. The summed E-state index contributed by atoms with van der Waals surface area (Å²) in [6, 6.07) is 7.53. The van der Waals surface area contributed by atoms with E-state index in [1.807, 2.05) is 32.9 Å². The van der Waals surface area contributed by atoms with E-state index in [2.05, 4.69) is 6.07 Å². The zero-order valence-electron chi connectivity index (χ0n) is 11.8. The van der Waals surface area contributed by atoms with Crippen molar-refractivity contribution in [3.05, 3.63) is 29.3 Å². The fraction of sp³-hybridized carbons (Fsp3) is 0.467. The molecule has 0 atom stereocenters. The van der Waals surface area contributed by atoms with Crippen molar-refractivity contribution in [2.24, 2.45) is 5.92 Å². The number of carbonyl (C=O) groups excluding carboxylic acids is 1. The van der Waals surface area contributed by atoms with Crippen LogP contribution in [0.25, 0.3) is 0 Å². The van der Waals surface area contributed by atoms with Crippen LogP contribution in [0.4, 0.5) is 5.69 Å². The molecule has 0 saturated heterocycles. The SMILES string of the molecule is Cc1cccc(N)c1C(=O)N(CCC#N)CC(C)C. The zero-order valence-corrected chi connectivity index (χ0v) is 11.8. The molecule has 1 aromatic rings. The highest BCUT2D eigenvalue weighted by molar-refractivity contribution is 6.00. The largest absolute Gasteiger partial charge is 0.398 e. The molecule has 1 rings (SSSR count). The molecular weight excluding hydrogens is 238 g/mol. The molecule has 0 aliphatic carbocycles. The molecule has 0 heterocycles. The highest BCUT2D eigenvalue weighted by Gasteiger charge is 2.20. The lowest BCUT2D eigenvalue weighted by Gasteiger charge is -2.25. The van der Waals surface area contributed by atoms with E-state index < -0.39 is 0 Å². The minimum atomic E-state index is -0.0837. The molecule has 1 aromatic carbocycles.